The van der Waals surface area contributed by atoms with Crippen LogP contribution in [-0.4, -0.2) is 50.2 Å². The van der Waals surface area contributed by atoms with Gasteiger partial charge < -0.3 is 24.4 Å². The Morgan fingerprint density at radius 1 is 1.23 bits per heavy atom. The lowest BCUT2D eigenvalue weighted by Crippen LogP contribution is -2.21. The summed E-state index contributed by atoms with van der Waals surface area (Å²) in [5, 5.41) is 2.97. The van der Waals surface area contributed by atoms with E-state index in [2.05, 4.69) is 5.32 Å². The second kappa shape index (κ2) is 9.00. The molecule has 2 heterocycles. The molecule has 0 unspecified atom stereocenters. The number of ether oxygens (including phenoxy) is 3. The zero-order chi connectivity index (χ0) is 21.8. The summed E-state index contributed by atoms with van der Waals surface area (Å²) in [6.45, 7) is 3.71. The van der Waals surface area contributed by atoms with Gasteiger partial charge in [0.05, 0.1) is 17.0 Å². The highest BCUT2D eigenvalue weighted by Crippen LogP contribution is 2.35. The Kier molecular flexibility index (Phi) is 6.41. The van der Waals surface area contributed by atoms with Crippen LogP contribution in [0.2, 0.25) is 0 Å². The van der Waals surface area contributed by atoms with Crippen LogP contribution in [0.25, 0.3) is 6.08 Å². The first-order chi connectivity index (χ1) is 14.3. The number of fused-ring (bicyclic) bond motifs is 1. The fraction of sp³-hybridized carbons (Fsp3) is 0.286. The van der Waals surface area contributed by atoms with Gasteiger partial charge in [0.15, 0.2) is 11.5 Å². The molecule has 9 heteroatoms. The fourth-order valence-corrected chi connectivity index (χ4v) is 4.02. The third-order valence-corrected chi connectivity index (χ3v) is 5.48. The average molecular weight is 430 g/mol. The zero-order valence-corrected chi connectivity index (χ0v) is 17.9. The van der Waals surface area contributed by atoms with Crippen molar-refractivity contribution in [3.63, 3.8) is 0 Å². The van der Waals surface area contributed by atoms with E-state index in [1.165, 1.54) is 11.0 Å². The molecule has 158 valence electrons. The van der Waals surface area contributed by atoms with Gasteiger partial charge >= 0.3 is 5.97 Å². The first-order valence-electron chi connectivity index (χ1n) is 9.22. The molecular formula is C21H22N2O6S. The zero-order valence-electron chi connectivity index (χ0n) is 17.1. The van der Waals surface area contributed by atoms with Gasteiger partial charge in [0.2, 0.25) is 12.7 Å². The Balaban J connectivity index is 1.83. The molecule has 2 aromatic rings. The molecule has 0 aliphatic carbocycles. The van der Waals surface area contributed by atoms with E-state index in [0.717, 1.165) is 16.9 Å². The van der Waals surface area contributed by atoms with Crippen LogP contribution in [-0.2, 0) is 9.53 Å². The number of esters is 1. The normalized spacial score (nSPS) is 12.1. The largest absolute Gasteiger partial charge is 0.462 e. The summed E-state index contributed by atoms with van der Waals surface area (Å²) in [5.74, 6) is -0.00687. The smallest absolute Gasteiger partial charge is 0.341 e. The first-order valence-corrected chi connectivity index (χ1v) is 10.0. The van der Waals surface area contributed by atoms with E-state index in [0.29, 0.717) is 21.9 Å². The molecule has 0 radical (unpaired) electrons. The van der Waals surface area contributed by atoms with Crippen LogP contribution in [0.15, 0.2) is 24.3 Å². The summed E-state index contributed by atoms with van der Waals surface area (Å²) in [7, 11) is 3.25. The molecule has 0 fully saturated rings. The van der Waals surface area contributed by atoms with Crippen LogP contribution < -0.4 is 14.8 Å². The Bertz CT molecular complexity index is 1020. The molecule has 0 saturated carbocycles. The molecule has 0 atom stereocenters. The SMILES string of the molecule is CCOC(=O)c1c(NC(=O)/C=C\c2ccc3c(c2)OCO3)sc(C(=O)N(C)C)c1C. The van der Waals surface area contributed by atoms with Crippen LogP contribution in [0.5, 0.6) is 11.5 Å². The number of carbonyl (C=O) groups excluding carboxylic acids is 3. The number of hydrogen-bond acceptors (Lipinski definition) is 7. The Morgan fingerprint density at radius 3 is 2.67 bits per heavy atom. The van der Waals surface area contributed by atoms with Crippen molar-refractivity contribution >= 4 is 40.2 Å². The molecule has 30 heavy (non-hydrogen) atoms. The van der Waals surface area contributed by atoms with Crippen molar-refractivity contribution in [2.24, 2.45) is 0 Å². The lowest BCUT2D eigenvalue weighted by Gasteiger charge is -2.09. The fourth-order valence-electron chi connectivity index (χ4n) is 2.80. The summed E-state index contributed by atoms with van der Waals surface area (Å²) >= 11 is 1.05. The molecule has 8 nitrogen and oxygen atoms in total. The third kappa shape index (κ3) is 4.46. The van der Waals surface area contributed by atoms with E-state index in [4.69, 9.17) is 14.2 Å². The van der Waals surface area contributed by atoms with Crippen molar-refractivity contribution in [2.75, 3.05) is 32.8 Å². The van der Waals surface area contributed by atoms with Crippen LogP contribution >= 0.6 is 11.3 Å². The maximum atomic E-state index is 12.5. The number of anilines is 1. The van der Waals surface area contributed by atoms with Crippen molar-refractivity contribution in [3.8, 4) is 11.5 Å². The molecule has 0 saturated heterocycles. The van der Waals surface area contributed by atoms with Crippen molar-refractivity contribution < 1.29 is 28.6 Å². The van der Waals surface area contributed by atoms with E-state index in [-0.39, 0.29) is 29.9 Å². The van der Waals surface area contributed by atoms with Crippen LogP contribution in [0, 0.1) is 6.92 Å². The van der Waals surface area contributed by atoms with Gasteiger partial charge in [-0.1, -0.05) is 6.07 Å². The number of nitrogens with zero attached hydrogens (tertiary/aromatic N) is 1. The van der Waals surface area contributed by atoms with E-state index >= 15 is 0 Å². The molecular weight excluding hydrogens is 408 g/mol. The van der Waals surface area contributed by atoms with Crippen molar-refractivity contribution in [1.82, 2.24) is 4.90 Å². The van der Waals surface area contributed by atoms with E-state index in [1.807, 2.05) is 0 Å². The minimum absolute atomic E-state index is 0.172. The molecule has 1 N–H and O–H groups in total. The number of hydrogen-bond donors (Lipinski definition) is 1. The maximum absolute atomic E-state index is 12.5. The highest BCUT2D eigenvalue weighted by molar-refractivity contribution is 7.18. The van der Waals surface area contributed by atoms with Crippen molar-refractivity contribution in [3.05, 3.63) is 45.8 Å². The molecule has 3 rings (SSSR count). The Labute approximate surface area is 178 Å². The maximum Gasteiger partial charge on any atom is 0.341 e. The first kappa shape index (κ1) is 21.4. The molecule has 0 bridgehead atoms. The standard InChI is InChI=1S/C21H22N2O6S/c1-5-27-21(26)17-12(2)18(20(25)23(3)4)30-19(17)22-16(24)9-7-13-6-8-14-15(10-13)29-11-28-14/h6-10H,5,11H2,1-4H3,(H,22,24)/b9-7-. The molecule has 1 aromatic heterocycles. The van der Waals surface area contributed by atoms with Crippen LogP contribution in [0.3, 0.4) is 0 Å². The number of rotatable bonds is 6. The topological polar surface area (TPSA) is 94.2 Å². The van der Waals surface area contributed by atoms with Gasteiger partial charge in [-0.05, 0) is 43.2 Å². The third-order valence-electron chi connectivity index (χ3n) is 4.29. The van der Waals surface area contributed by atoms with Gasteiger partial charge in [0, 0.05) is 20.2 Å². The molecule has 2 amide bonds. The Hall–Kier alpha value is -3.33. The van der Waals surface area contributed by atoms with Gasteiger partial charge in [-0.3, -0.25) is 9.59 Å². The lowest BCUT2D eigenvalue weighted by atomic mass is 10.1. The van der Waals surface area contributed by atoms with Crippen molar-refractivity contribution in [1.29, 1.82) is 0 Å². The van der Waals surface area contributed by atoms with Gasteiger partial charge in [-0.2, -0.15) is 0 Å². The molecule has 1 aliphatic rings. The quantitative estimate of drug-likeness (QED) is 0.558. The highest BCUT2D eigenvalue weighted by Gasteiger charge is 2.27. The molecule has 0 spiro atoms. The average Bonchev–Trinajstić information content (AvgIpc) is 3.29. The van der Waals surface area contributed by atoms with E-state index in [1.54, 1.807) is 52.2 Å². The summed E-state index contributed by atoms with van der Waals surface area (Å²) in [4.78, 5) is 39.1. The summed E-state index contributed by atoms with van der Waals surface area (Å²) < 4.78 is 15.7. The number of nitrogens with one attached hydrogen (secondary N) is 1. The van der Waals surface area contributed by atoms with Gasteiger partial charge in [0.25, 0.3) is 5.91 Å². The van der Waals surface area contributed by atoms with Gasteiger partial charge in [-0.15, -0.1) is 11.3 Å². The minimum Gasteiger partial charge on any atom is -0.462 e. The number of benzene rings is 1. The molecule has 1 aromatic carbocycles. The van der Waals surface area contributed by atoms with Gasteiger partial charge in [-0.25, -0.2) is 4.79 Å². The van der Waals surface area contributed by atoms with Gasteiger partial charge in [0.1, 0.15) is 5.00 Å². The summed E-state index contributed by atoms with van der Waals surface area (Å²) in [6.07, 6.45) is 2.96. The monoisotopic (exact) mass is 430 g/mol. The second-order valence-electron chi connectivity index (χ2n) is 6.62. The lowest BCUT2D eigenvalue weighted by molar-refractivity contribution is -0.111. The minimum atomic E-state index is -0.584. The number of amides is 2. The van der Waals surface area contributed by atoms with Crippen molar-refractivity contribution in [2.45, 2.75) is 13.8 Å². The van der Waals surface area contributed by atoms with E-state index in [9.17, 15) is 14.4 Å². The van der Waals surface area contributed by atoms with Crippen LogP contribution in [0.1, 0.15) is 38.1 Å². The predicted molar refractivity (Wildman–Crippen MR) is 113 cm³/mol. The van der Waals surface area contributed by atoms with E-state index < -0.39 is 11.9 Å². The molecule has 1 aliphatic heterocycles. The Morgan fingerprint density at radius 2 is 1.97 bits per heavy atom. The number of thiophene rings is 1. The predicted octanol–water partition coefficient (Wildman–Crippen LogP) is 3.32. The summed E-state index contributed by atoms with van der Waals surface area (Å²) in [6, 6.07) is 5.32. The summed E-state index contributed by atoms with van der Waals surface area (Å²) in [5.41, 5.74) is 1.43. The van der Waals surface area contributed by atoms with Crippen LogP contribution in [0.4, 0.5) is 5.00 Å². The highest BCUT2D eigenvalue weighted by atomic mass is 32.1. The second-order valence-corrected chi connectivity index (χ2v) is 7.64. The number of carbonyl (C=O) groups is 3.